The van der Waals surface area contributed by atoms with E-state index in [1.807, 2.05) is 6.92 Å². The molecule has 10 atom stereocenters. The van der Waals surface area contributed by atoms with Gasteiger partial charge in [0.2, 0.25) is 0 Å². The monoisotopic (exact) mass is 442 g/mol. The van der Waals surface area contributed by atoms with Gasteiger partial charge in [-0.05, 0) is 91.3 Å². The van der Waals surface area contributed by atoms with Crippen LogP contribution in [0.15, 0.2) is 0 Å². The van der Waals surface area contributed by atoms with Crippen molar-refractivity contribution in [2.24, 2.45) is 46.3 Å². The first-order chi connectivity index (χ1) is 14.4. The Morgan fingerprint density at radius 1 is 1.10 bits per heavy atom. The van der Waals surface area contributed by atoms with Gasteiger partial charge >= 0.3 is 5.97 Å². The first-order valence-electron chi connectivity index (χ1n) is 12.2. The van der Waals surface area contributed by atoms with Crippen molar-refractivity contribution in [3.63, 3.8) is 0 Å². The molecule has 4 saturated carbocycles. The third kappa shape index (κ3) is 3.64. The number of esters is 1. The number of ether oxygens (including phenoxy) is 1. The molecule has 0 saturated heterocycles. The quantitative estimate of drug-likeness (QED) is 0.613. The summed E-state index contributed by atoms with van der Waals surface area (Å²) in [5, 5.41) is 21.2. The van der Waals surface area contributed by atoms with Crippen molar-refractivity contribution in [3.8, 4) is 0 Å². The summed E-state index contributed by atoms with van der Waals surface area (Å²) in [6.45, 7) is 6.58. The molecule has 0 amide bonds. The van der Waals surface area contributed by atoms with Crippen LogP contribution in [0.2, 0.25) is 0 Å². The summed E-state index contributed by atoms with van der Waals surface area (Å²) in [6.07, 6.45) is 3.51. The number of carbonyl (C=O) groups is 1. The Morgan fingerprint density at radius 3 is 2.45 bits per heavy atom. The molecule has 4 aliphatic carbocycles. The predicted molar refractivity (Wildman–Crippen MR) is 113 cm³/mol. The second-order valence-corrected chi connectivity index (χ2v) is 11.8. The number of hydrogen-bond donors (Lipinski definition) is 2. The zero-order chi connectivity index (χ0) is 22.8. The fourth-order valence-electron chi connectivity index (χ4n) is 8.85. The molecule has 0 unspecified atom stereocenters. The molecule has 0 aliphatic heterocycles. The zero-order valence-electron chi connectivity index (χ0n) is 19.4. The molecule has 0 aromatic heterocycles. The Kier molecular flexibility index (Phi) is 5.99. The Labute approximate surface area is 185 Å². The van der Waals surface area contributed by atoms with Crippen molar-refractivity contribution in [2.45, 2.75) is 96.7 Å². The van der Waals surface area contributed by atoms with E-state index < -0.39 is 23.5 Å². The third-order valence-electron chi connectivity index (χ3n) is 10.5. The van der Waals surface area contributed by atoms with Crippen LogP contribution in [0, 0.1) is 46.3 Å². The molecule has 0 spiro atoms. The van der Waals surface area contributed by atoms with Crippen molar-refractivity contribution in [1.82, 2.24) is 0 Å². The number of hydrogen-bond acceptors (Lipinski definition) is 4. The van der Waals surface area contributed by atoms with E-state index in [9.17, 15) is 23.8 Å². The SMILES string of the molecule is COC(=O)CC[C@@H](C)[C@H]1CC[C@H]2[C@@H]3[C@@H](O)C[C@@H]4C[C@H](O)C(F)(F)C[C@]4(C)[C@H]3CC[C@]12C. The average molecular weight is 443 g/mol. The first kappa shape index (κ1) is 23.4. The minimum atomic E-state index is -3.04. The van der Waals surface area contributed by atoms with E-state index >= 15 is 0 Å². The van der Waals surface area contributed by atoms with Gasteiger partial charge in [0.25, 0.3) is 5.92 Å². The van der Waals surface area contributed by atoms with Crippen LogP contribution in [0.1, 0.15) is 78.6 Å². The number of aliphatic hydroxyl groups excluding tert-OH is 2. The Bertz CT molecular complexity index is 699. The zero-order valence-corrected chi connectivity index (χ0v) is 19.4. The summed E-state index contributed by atoms with van der Waals surface area (Å²) < 4.78 is 34.0. The average Bonchev–Trinajstić information content (AvgIpc) is 3.05. The lowest BCUT2D eigenvalue weighted by molar-refractivity contribution is -0.236. The number of fused-ring (bicyclic) bond motifs is 5. The molecule has 0 radical (unpaired) electrons. The maximum atomic E-state index is 14.6. The van der Waals surface area contributed by atoms with Gasteiger partial charge in [-0.1, -0.05) is 20.8 Å². The van der Waals surface area contributed by atoms with Crippen LogP contribution in [0.5, 0.6) is 0 Å². The second kappa shape index (κ2) is 7.93. The van der Waals surface area contributed by atoms with Gasteiger partial charge in [0, 0.05) is 12.8 Å². The number of aliphatic hydroxyl groups is 2. The summed E-state index contributed by atoms with van der Waals surface area (Å²) in [6, 6.07) is 0. The van der Waals surface area contributed by atoms with Crippen LogP contribution in [0.3, 0.4) is 0 Å². The largest absolute Gasteiger partial charge is 0.469 e. The second-order valence-electron chi connectivity index (χ2n) is 11.8. The van der Waals surface area contributed by atoms with E-state index in [1.165, 1.54) is 7.11 Å². The van der Waals surface area contributed by atoms with E-state index in [-0.39, 0.29) is 42.0 Å². The predicted octanol–water partition coefficient (Wildman–Crippen LogP) is 4.81. The van der Waals surface area contributed by atoms with Gasteiger partial charge < -0.3 is 14.9 Å². The van der Waals surface area contributed by atoms with E-state index in [0.29, 0.717) is 30.6 Å². The van der Waals surface area contributed by atoms with Gasteiger partial charge in [-0.25, -0.2) is 8.78 Å². The van der Waals surface area contributed by atoms with Crippen molar-refractivity contribution in [3.05, 3.63) is 0 Å². The lowest BCUT2D eigenvalue weighted by Crippen LogP contribution is -2.62. The molecule has 2 N–H and O–H groups in total. The molecule has 0 bridgehead atoms. The van der Waals surface area contributed by atoms with Gasteiger partial charge in [-0.2, -0.15) is 0 Å². The van der Waals surface area contributed by atoms with Crippen LogP contribution < -0.4 is 0 Å². The number of carbonyl (C=O) groups excluding carboxylic acids is 1. The van der Waals surface area contributed by atoms with Gasteiger partial charge in [0.15, 0.2) is 0 Å². The molecule has 0 aromatic carbocycles. The molecule has 4 aliphatic rings. The molecule has 6 heteroatoms. The van der Waals surface area contributed by atoms with Crippen molar-refractivity contribution >= 4 is 5.97 Å². The first-order valence-corrected chi connectivity index (χ1v) is 12.2. The molecule has 4 rings (SSSR count). The fraction of sp³-hybridized carbons (Fsp3) is 0.960. The highest BCUT2D eigenvalue weighted by Crippen LogP contribution is 2.69. The van der Waals surface area contributed by atoms with Crippen LogP contribution in [-0.4, -0.2) is 41.4 Å². The van der Waals surface area contributed by atoms with E-state index in [0.717, 1.165) is 32.1 Å². The van der Waals surface area contributed by atoms with Crippen LogP contribution in [0.25, 0.3) is 0 Å². The number of halogens is 2. The van der Waals surface area contributed by atoms with Gasteiger partial charge in [0.05, 0.1) is 13.2 Å². The number of methoxy groups -OCH3 is 1. The third-order valence-corrected chi connectivity index (χ3v) is 10.5. The summed E-state index contributed by atoms with van der Waals surface area (Å²) in [5.74, 6) is -1.90. The Balaban J connectivity index is 1.56. The summed E-state index contributed by atoms with van der Waals surface area (Å²) in [7, 11) is 1.42. The van der Waals surface area contributed by atoms with E-state index in [2.05, 4.69) is 13.8 Å². The molecule has 178 valence electrons. The molecular weight excluding hydrogens is 402 g/mol. The highest BCUT2D eigenvalue weighted by molar-refractivity contribution is 5.69. The highest BCUT2D eigenvalue weighted by Gasteiger charge is 2.66. The topological polar surface area (TPSA) is 66.8 Å². The molecule has 0 heterocycles. The van der Waals surface area contributed by atoms with Crippen molar-refractivity contribution in [1.29, 1.82) is 0 Å². The lowest BCUT2D eigenvalue weighted by Gasteiger charge is -2.63. The number of rotatable bonds is 4. The van der Waals surface area contributed by atoms with Crippen LogP contribution >= 0.6 is 0 Å². The Morgan fingerprint density at radius 2 is 1.77 bits per heavy atom. The maximum absolute atomic E-state index is 14.6. The van der Waals surface area contributed by atoms with Crippen molar-refractivity contribution in [2.75, 3.05) is 7.11 Å². The fourth-order valence-corrected chi connectivity index (χ4v) is 8.85. The Hall–Kier alpha value is -0.750. The van der Waals surface area contributed by atoms with Crippen LogP contribution in [0.4, 0.5) is 8.78 Å². The lowest BCUT2D eigenvalue weighted by atomic mass is 9.43. The summed E-state index contributed by atoms with van der Waals surface area (Å²) in [4.78, 5) is 11.6. The molecule has 31 heavy (non-hydrogen) atoms. The molecule has 0 aromatic rings. The normalized spacial score (nSPS) is 49.5. The molecule has 4 nitrogen and oxygen atoms in total. The molecule has 4 fully saturated rings. The van der Waals surface area contributed by atoms with E-state index in [4.69, 9.17) is 4.74 Å². The van der Waals surface area contributed by atoms with Crippen molar-refractivity contribution < 1.29 is 28.5 Å². The van der Waals surface area contributed by atoms with Gasteiger partial charge in [0.1, 0.15) is 6.10 Å². The van der Waals surface area contributed by atoms with Crippen LogP contribution in [-0.2, 0) is 9.53 Å². The summed E-state index contributed by atoms with van der Waals surface area (Å²) >= 11 is 0. The minimum absolute atomic E-state index is 0.0427. The van der Waals surface area contributed by atoms with E-state index in [1.54, 1.807) is 0 Å². The maximum Gasteiger partial charge on any atom is 0.305 e. The smallest absolute Gasteiger partial charge is 0.305 e. The molecular formula is C25H40F2O4. The number of alkyl halides is 2. The standard InChI is InChI=1S/C25H40F2O4/c1-14(5-8-21(30)31-4)16-6-7-17-22-18(9-10-23(16,17)2)24(3)13-25(26,27)20(29)12-15(24)11-19(22)28/h14-20,22,28-29H,5-13H2,1-4H3/t14-,15-,16-,17+,18+,19+,20+,22+,23-,24+/m1/s1. The minimum Gasteiger partial charge on any atom is -0.469 e. The van der Waals surface area contributed by atoms with Gasteiger partial charge in [-0.3, -0.25) is 4.79 Å². The van der Waals surface area contributed by atoms with Gasteiger partial charge in [-0.15, -0.1) is 0 Å². The highest BCUT2D eigenvalue weighted by atomic mass is 19.3. The summed E-state index contributed by atoms with van der Waals surface area (Å²) in [5.41, 5.74) is -0.444.